The lowest BCUT2D eigenvalue weighted by atomic mass is 10.1. The molecular weight excluding hydrogens is 308 g/mol. The van der Waals surface area contributed by atoms with E-state index >= 15 is 0 Å². The van der Waals surface area contributed by atoms with Gasteiger partial charge in [0, 0.05) is 11.1 Å². The van der Waals surface area contributed by atoms with Crippen molar-refractivity contribution in [3.8, 4) is 17.2 Å². The fraction of sp³-hybridized carbons (Fsp3) is 0.222. The van der Waals surface area contributed by atoms with Gasteiger partial charge in [0.05, 0.1) is 27.0 Å². The summed E-state index contributed by atoms with van der Waals surface area (Å²) in [4.78, 5) is 12.2. The summed E-state index contributed by atoms with van der Waals surface area (Å²) in [5, 5.41) is 4.13. The lowest BCUT2D eigenvalue weighted by Crippen LogP contribution is -2.19. The number of hydrogen-bond acceptors (Lipinski definition) is 5. The highest BCUT2D eigenvalue weighted by atomic mass is 16.5. The van der Waals surface area contributed by atoms with Crippen molar-refractivity contribution in [2.75, 3.05) is 21.3 Å². The molecule has 1 N–H and O–H groups in total. The maximum atomic E-state index is 12.2. The van der Waals surface area contributed by atoms with Crippen LogP contribution in [0.4, 0.5) is 0 Å². The van der Waals surface area contributed by atoms with E-state index in [4.69, 9.17) is 14.2 Å². The monoisotopic (exact) mass is 328 g/mol. The van der Waals surface area contributed by atoms with Crippen LogP contribution in [0.5, 0.6) is 17.2 Å². The first-order valence-corrected chi connectivity index (χ1v) is 7.30. The van der Waals surface area contributed by atoms with Crippen molar-refractivity contribution < 1.29 is 19.0 Å². The van der Waals surface area contributed by atoms with E-state index in [2.05, 4.69) is 10.5 Å². The van der Waals surface area contributed by atoms with Crippen LogP contribution < -0.4 is 19.6 Å². The lowest BCUT2D eigenvalue weighted by molar-refractivity contribution is 0.0954. The number of hydrogen-bond donors (Lipinski definition) is 1. The standard InChI is InChI=1S/C18H20N2O4/c1-12(13-6-5-7-15(10-13)22-2)19-20-18(21)14-8-9-16(23-3)17(11-14)24-4/h5-11H,1-4H3,(H,20,21)/b19-12-. The Morgan fingerprint density at radius 2 is 1.67 bits per heavy atom. The van der Waals surface area contributed by atoms with Crippen LogP contribution in [-0.2, 0) is 0 Å². The third-order valence-electron chi connectivity index (χ3n) is 3.46. The summed E-state index contributed by atoms with van der Waals surface area (Å²) in [6.45, 7) is 1.81. The second-order valence-corrected chi connectivity index (χ2v) is 4.94. The summed E-state index contributed by atoms with van der Waals surface area (Å²) in [6, 6.07) is 12.4. The molecule has 0 saturated heterocycles. The second-order valence-electron chi connectivity index (χ2n) is 4.94. The molecular formula is C18H20N2O4. The normalized spacial score (nSPS) is 10.9. The quantitative estimate of drug-likeness (QED) is 0.654. The van der Waals surface area contributed by atoms with E-state index in [0.717, 1.165) is 11.3 Å². The molecule has 0 fully saturated rings. The molecule has 6 heteroatoms. The van der Waals surface area contributed by atoms with Crippen LogP contribution in [-0.4, -0.2) is 32.9 Å². The van der Waals surface area contributed by atoms with Gasteiger partial charge in [0.15, 0.2) is 11.5 Å². The Hall–Kier alpha value is -3.02. The van der Waals surface area contributed by atoms with Gasteiger partial charge < -0.3 is 14.2 Å². The molecule has 0 aliphatic carbocycles. The molecule has 0 heterocycles. The van der Waals surface area contributed by atoms with E-state index in [0.29, 0.717) is 22.8 Å². The SMILES string of the molecule is COc1cccc(/C(C)=N\NC(=O)c2ccc(OC)c(OC)c2)c1. The molecule has 0 unspecified atom stereocenters. The number of carbonyl (C=O) groups excluding carboxylic acids is 1. The Balaban J connectivity index is 2.14. The van der Waals surface area contributed by atoms with Crippen molar-refractivity contribution in [1.82, 2.24) is 5.43 Å². The Kier molecular flexibility index (Phi) is 5.78. The summed E-state index contributed by atoms with van der Waals surface area (Å²) in [6.07, 6.45) is 0. The highest BCUT2D eigenvalue weighted by Crippen LogP contribution is 2.27. The molecule has 2 aromatic rings. The minimum absolute atomic E-state index is 0.335. The minimum atomic E-state index is -0.335. The first kappa shape index (κ1) is 17.3. The van der Waals surface area contributed by atoms with Crippen molar-refractivity contribution in [1.29, 1.82) is 0 Å². The molecule has 2 rings (SSSR count). The molecule has 24 heavy (non-hydrogen) atoms. The number of rotatable bonds is 6. The van der Waals surface area contributed by atoms with Gasteiger partial charge in [-0.2, -0.15) is 5.10 Å². The van der Waals surface area contributed by atoms with Crippen molar-refractivity contribution in [2.45, 2.75) is 6.92 Å². The van der Waals surface area contributed by atoms with Crippen molar-refractivity contribution in [3.05, 3.63) is 53.6 Å². The van der Waals surface area contributed by atoms with Crippen LogP contribution >= 0.6 is 0 Å². The predicted octanol–water partition coefficient (Wildman–Crippen LogP) is 2.87. The number of nitrogens with one attached hydrogen (secondary N) is 1. The van der Waals surface area contributed by atoms with E-state index in [-0.39, 0.29) is 5.91 Å². The topological polar surface area (TPSA) is 69.2 Å². The third-order valence-corrected chi connectivity index (χ3v) is 3.46. The summed E-state index contributed by atoms with van der Waals surface area (Å²) in [7, 11) is 4.66. The molecule has 6 nitrogen and oxygen atoms in total. The van der Waals surface area contributed by atoms with Gasteiger partial charge in [-0.3, -0.25) is 4.79 Å². The number of nitrogens with zero attached hydrogens (tertiary/aromatic N) is 1. The Bertz CT molecular complexity index is 756. The Labute approximate surface area is 141 Å². The van der Waals surface area contributed by atoms with Gasteiger partial charge in [0.2, 0.25) is 0 Å². The van der Waals surface area contributed by atoms with Crippen LogP contribution in [0.1, 0.15) is 22.8 Å². The van der Waals surface area contributed by atoms with Gasteiger partial charge in [-0.05, 0) is 37.3 Å². The summed E-state index contributed by atoms with van der Waals surface area (Å²) < 4.78 is 15.5. The van der Waals surface area contributed by atoms with Crippen LogP contribution in [0.25, 0.3) is 0 Å². The molecule has 0 radical (unpaired) electrons. The van der Waals surface area contributed by atoms with Crippen molar-refractivity contribution in [2.24, 2.45) is 5.10 Å². The highest BCUT2D eigenvalue weighted by Gasteiger charge is 2.10. The molecule has 126 valence electrons. The average Bonchev–Trinajstić information content (AvgIpc) is 2.65. The van der Waals surface area contributed by atoms with Crippen LogP contribution in [0.15, 0.2) is 47.6 Å². The smallest absolute Gasteiger partial charge is 0.271 e. The van der Waals surface area contributed by atoms with E-state index in [1.165, 1.54) is 7.11 Å². The number of benzene rings is 2. The van der Waals surface area contributed by atoms with Gasteiger partial charge >= 0.3 is 0 Å². The maximum absolute atomic E-state index is 12.2. The van der Waals surface area contributed by atoms with Crippen molar-refractivity contribution in [3.63, 3.8) is 0 Å². The number of carbonyl (C=O) groups is 1. The first-order chi connectivity index (χ1) is 11.6. The van der Waals surface area contributed by atoms with E-state index in [1.54, 1.807) is 32.4 Å². The van der Waals surface area contributed by atoms with E-state index in [1.807, 2.05) is 31.2 Å². The summed E-state index contributed by atoms with van der Waals surface area (Å²) >= 11 is 0. The molecule has 2 aromatic carbocycles. The predicted molar refractivity (Wildman–Crippen MR) is 92.2 cm³/mol. The fourth-order valence-corrected chi connectivity index (χ4v) is 2.09. The van der Waals surface area contributed by atoms with Gasteiger partial charge in [-0.15, -0.1) is 0 Å². The summed E-state index contributed by atoms with van der Waals surface area (Å²) in [5.74, 6) is 1.44. The van der Waals surface area contributed by atoms with Crippen LogP contribution in [0.3, 0.4) is 0 Å². The Morgan fingerprint density at radius 1 is 0.917 bits per heavy atom. The van der Waals surface area contributed by atoms with Gasteiger partial charge in [-0.1, -0.05) is 12.1 Å². The number of hydrazone groups is 1. The molecule has 0 aromatic heterocycles. The van der Waals surface area contributed by atoms with Crippen LogP contribution in [0, 0.1) is 0 Å². The fourth-order valence-electron chi connectivity index (χ4n) is 2.09. The lowest BCUT2D eigenvalue weighted by Gasteiger charge is -2.09. The zero-order valence-corrected chi connectivity index (χ0v) is 14.1. The molecule has 0 atom stereocenters. The van der Waals surface area contributed by atoms with Gasteiger partial charge in [0.1, 0.15) is 5.75 Å². The first-order valence-electron chi connectivity index (χ1n) is 7.30. The molecule has 0 aliphatic rings. The average molecular weight is 328 g/mol. The molecule has 0 aliphatic heterocycles. The van der Waals surface area contributed by atoms with Gasteiger partial charge in [-0.25, -0.2) is 5.43 Å². The number of methoxy groups -OCH3 is 3. The number of ether oxygens (including phenoxy) is 3. The number of amides is 1. The largest absolute Gasteiger partial charge is 0.497 e. The Morgan fingerprint density at radius 3 is 2.33 bits per heavy atom. The third kappa shape index (κ3) is 4.04. The molecule has 0 bridgehead atoms. The van der Waals surface area contributed by atoms with Gasteiger partial charge in [0.25, 0.3) is 5.91 Å². The highest BCUT2D eigenvalue weighted by molar-refractivity contribution is 6.01. The maximum Gasteiger partial charge on any atom is 0.271 e. The minimum Gasteiger partial charge on any atom is -0.497 e. The van der Waals surface area contributed by atoms with E-state index in [9.17, 15) is 4.79 Å². The molecule has 0 spiro atoms. The van der Waals surface area contributed by atoms with Crippen LogP contribution in [0.2, 0.25) is 0 Å². The molecule has 1 amide bonds. The molecule has 0 saturated carbocycles. The van der Waals surface area contributed by atoms with Crippen molar-refractivity contribution >= 4 is 11.6 Å². The zero-order valence-electron chi connectivity index (χ0n) is 14.1. The van der Waals surface area contributed by atoms with E-state index < -0.39 is 0 Å². The zero-order chi connectivity index (χ0) is 17.5. The second kappa shape index (κ2) is 8.01. The summed E-state index contributed by atoms with van der Waals surface area (Å²) in [5.41, 5.74) is 4.49.